The highest BCUT2D eigenvalue weighted by Gasteiger charge is 2.44. The first-order valence-electron chi connectivity index (χ1n) is 10.2. The number of urea groups is 1. The Bertz CT molecular complexity index is 838. The second kappa shape index (κ2) is 7.57. The fourth-order valence-electron chi connectivity index (χ4n) is 4.17. The Hall–Kier alpha value is -2.77. The summed E-state index contributed by atoms with van der Waals surface area (Å²) >= 11 is 0. The van der Waals surface area contributed by atoms with Crippen LogP contribution in [-0.4, -0.2) is 59.5 Å². The Labute approximate surface area is 170 Å². The SMILES string of the molecule is CC1(C)NC(=O)N(CCC(=O)N2CCCC2c2ccc3c(c2)OCCCO3)C1=O. The van der Waals surface area contributed by atoms with Crippen molar-refractivity contribution in [2.45, 2.75) is 51.1 Å². The number of likely N-dealkylation sites (tertiary alicyclic amines) is 1. The smallest absolute Gasteiger partial charge is 0.325 e. The van der Waals surface area contributed by atoms with Crippen LogP contribution in [0.4, 0.5) is 4.79 Å². The quantitative estimate of drug-likeness (QED) is 0.782. The van der Waals surface area contributed by atoms with Crippen molar-refractivity contribution in [1.82, 2.24) is 15.1 Å². The van der Waals surface area contributed by atoms with E-state index in [1.54, 1.807) is 13.8 Å². The molecule has 4 amide bonds. The Morgan fingerprint density at radius 1 is 1.17 bits per heavy atom. The molecule has 0 bridgehead atoms. The summed E-state index contributed by atoms with van der Waals surface area (Å²) in [5, 5.41) is 2.64. The van der Waals surface area contributed by atoms with E-state index in [9.17, 15) is 14.4 Å². The van der Waals surface area contributed by atoms with Gasteiger partial charge in [-0.3, -0.25) is 14.5 Å². The highest BCUT2D eigenvalue weighted by atomic mass is 16.5. The summed E-state index contributed by atoms with van der Waals surface area (Å²) in [6, 6.07) is 5.40. The largest absolute Gasteiger partial charge is 0.490 e. The van der Waals surface area contributed by atoms with E-state index in [0.717, 1.165) is 41.2 Å². The molecule has 2 fully saturated rings. The molecule has 2 saturated heterocycles. The molecule has 3 aliphatic rings. The summed E-state index contributed by atoms with van der Waals surface area (Å²) in [6.07, 6.45) is 2.76. The Morgan fingerprint density at radius 2 is 1.93 bits per heavy atom. The molecular weight excluding hydrogens is 374 g/mol. The highest BCUT2D eigenvalue weighted by molar-refractivity contribution is 6.06. The normalized spacial score (nSPS) is 23.2. The van der Waals surface area contributed by atoms with Crippen LogP contribution in [0, 0.1) is 0 Å². The van der Waals surface area contributed by atoms with E-state index >= 15 is 0 Å². The fraction of sp³-hybridized carbons (Fsp3) is 0.571. The second-order valence-corrected chi connectivity index (χ2v) is 8.26. The molecule has 8 heteroatoms. The molecule has 3 aliphatic heterocycles. The first kappa shape index (κ1) is 19.5. The number of rotatable bonds is 4. The maximum Gasteiger partial charge on any atom is 0.325 e. The predicted molar refractivity (Wildman–Crippen MR) is 105 cm³/mol. The molecule has 1 atom stereocenters. The van der Waals surface area contributed by atoms with Crippen molar-refractivity contribution in [3.05, 3.63) is 23.8 Å². The fourth-order valence-corrected chi connectivity index (χ4v) is 4.17. The molecule has 1 aromatic rings. The number of amides is 4. The van der Waals surface area contributed by atoms with Gasteiger partial charge in [0.25, 0.3) is 5.91 Å². The van der Waals surface area contributed by atoms with Gasteiger partial charge in [-0.15, -0.1) is 0 Å². The lowest BCUT2D eigenvalue weighted by molar-refractivity contribution is -0.133. The topological polar surface area (TPSA) is 88.2 Å². The van der Waals surface area contributed by atoms with Gasteiger partial charge in [-0.05, 0) is 44.4 Å². The van der Waals surface area contributed by atoms with E-state index in [4.69, 9.17) is 9.47 Å². The van der Waals surface area contributed by atoms with E-state index in [2.05, 4.69) is 5.32 Å². The third kappa shape index (κ3) is 3.75. The lowest BCUT2D eigenvalue weighted by Crippen LogP contribution is -2.41. The second-order valence-electron chi connectivity index (χ2n) is 8.26. The van der Waals surface area contributed by atoms with Gasteiger partial charge in [0.05, 0.1) is 19.3 Å². The molecule has 156 valence electrons. The number of ether oxygens (including phenoxy) is 2. The van der Waals surface area contributed by atoms with Crippen LogP contribution in [-0.2, 0) is 9.59 Å². The van der Waals surface area contributed by atoms with Crippen LogP contribution in [0.5, 0.6) is 11.5 Å². The molecule has 0 radical (unpaired) electrons. The van der Waals surface area contributed by atoms with Gasteiger partial charge in [-0.2, -0.15) is 0 Å². The minimum absolute atomic E-state index is 0.0285. The number of carbonyl (C=O) groups excluding carboxylic acids is 3. The van der Waals surface area contributed by atoms with Crippen molar-refractivity contribution in [3.63, 3.8) is 0 Å². The summed E-state index contributed by atoms with van der Waals surface area (Å²) in [6.45, 7) is 5.35. The van der Waals surface area contributed by atoms with Crippen LogP contribution < -0.4 is 14.8 Å². The van der Waals surface area contributed by atoms with Crippen LogP contribution in [0.1, 0.15) is 51.1 Å². The number of hydrogen-bond acceptors (Lipinski definition) is 5. The van der Waals surface area contributed by atoms with Crippen LogP contribution >= 0.6 is 0 Å². The average Bonchev–Trinajstić information content (AvgIpc) is 3.14. The number of fused-ring (bicyclic) bond motifs is 1. The molecule has 0 aliphatic carbocycles. The summed E-state index contributed by atoms with van der Waals surface area (Å²) in [7, 11) is 0. The average molecular weight is 401 g/mol. The lowest BCUT2D eigenvalue weighted by atomic mass is 10.0. The van der Waals surface area contributed by atoms with Crippen LogP contribution in [0.3, 0.4) is 0 Å². The van der Waals surface area contributed by atoms with Gasteiger partial charge in [0.15, 0.2) is 11.5 Å². The Balaban J connectivity index is 1.43. The first-order valence-corrected chi connectivity index (χ1v) is 10.2. The van der Waals surface area contributed by atoms with Crippen LogP contribution in [0.25, 0.3) is 0 Å². The van der Waals surface area contributed by atoms with Gasteiger partial charge in [-0.25, -0.2) is 4.79 Å². The van der Waals surface area contributed by atoms with Gasteiger partial charge in [0.1, 0.15) is 5.54 Å². The molecule has 1 aromatic carbocycles. The third-order valence-corrected chi connectivity index (χ3v) is 5.72. The van der Waals surface area contributed by atoms with E-state index in [1.165, 1.54) is 0 Å². The molecule has 8 nitrogen and oxygen atoms in total. The number of nitrogens with zero attached hydrogens (tertiary/aromatic N) is 2. The standard InChI is InChI=1S/C21H27N3O5/c1-21(2)19(26)24(20(27)22-21)10-8-18(25)23-9-3-5-15(23)14-6-7-16-17(13-14)29-12-4-11-28-16/h6-7,13,15H,3-5,8-12H2,1-2H3,(H,22,27). The highest BCUT2D eigenvalue weighted by Crippen LogP contribution is 2.38. The van der Waals surface area contributed by atoms with E-state index in [1.807, 2.05) is 23.1 Å². The van der Waals surface area contributed by atoms with Crippen LogP contribution in [0.2, 0.25) is 0 Å². The van der Waals surface area contributed by atoms with Crippen molar-refractivity contribution >= 4 is 17.8 Å². The van der Waals surface area contributed by atoms with E-state index in [-0.39, 0.29) is 30.8 Å². The van der Waals surface area contributed by atoms with Gasteiger partial charge in [0.2, 0.25) is 5.91 Å². The number of carbonyl (C=O) groups is 3. The van der Waals surface area contributed by atoms with Gasteiger partial charge < -0.3 is 19.7 Å². The Morgan fingerprint density at radius 3 is 2.66 bits per heavy atom. The summed E-state index contributed by atoms with van der Waals surface area (Å²) < 4.78 is 11.5. The van der Waals surface area contributed by atoms with Gasteiger partial charge >= 0.3 is 6.03 Å². The van der Waals surface area contributed by atoms with Gasteiger partial charge in [0, 0.05) is 25.9 Å². The number of nitrogens with one attached hydrogen (secondary N) is 1. The van der Waals surface area contributed by atoms with Gasteiger partial charge in [-0.1, -0.05) is 6.07 Å². The molecule has 4 rings (SSSR count). The molecule has 1 unspecified atom stereocenters. The van der Waals surface area contributed by atoms with Crippen molar-refractivity contribution in [2.75, 3.05) is 26.3 Å². The van der Waals surface area contributed by atoms with Crippen molar-refractivity contribution in [1.29, 1.82) is 0 Å². The third-order valence-electron chi connectivity index (χ3n) is 5.72. The predicted octanol–water partition coefficient (Wildman–Crippen LogP) is 2.23. The first-order chi connectivity index (χ1) is 13.9. The summed E-state index contributed by atoms with van der Waals surface area (Å²) in [5.74, 6) is 1.12. The van der Waals surface area contributed by atoms with Crippen molar-refractivity contribution in [3.8, 4) is 11.5 Å². The minimum Gasteiger partial charge on any atom is -0.490 e. The minimum atomic E-state index is -0.916. The van der Waals surface area contributed by atoms with Crippen molar-refractivity contribution in [2.24, 2.45) is 0 Å². The molecule has 29 heavy (non-hydrogen) atoms. The molecule has 3 heterocycles. The molecule has 0 saturated carbocycles. The number of benzene rings is 1. The zero-order valence-electron chi connectivity index (χ0n) is 16.9. The van der Waals surface area contributed by atoms with E-state index < -0.39 is 11.6 Å². The molecule has 0 aromatic heterocycles. The number of imide groups is 1. The van der Waals surface area contributed by atoms with E-state index in [0.29, 0.717) is 19.8 Å². The summed E-state index contributed by atoms with van der Waals surface area (Å²) in [4.78, 5) is 40.2. The molecule has 0 spiro atoms. The zero-order valence-corrected chi connectivity index (χ0v) is 16.9. The summed E-state index contributed by atoms with van der Waals surface area (Å²) in [5.41, 5.74) is 0.108. The maximum atomic E-state index is 12.9. The maximum absolute atomic E-state index is 12.9. The number of hydrogen-bond donors (Lipinski definition) is 1. The zero-order chi connectivity index (χ0) is 20.6. The molecule has 1 N–H and O–H groups in total. The molecular formula is C21H27N3O5. The van der Waals surface area contributed by atoms with Crippen LogP contribution in [0.15, 0.2) is 18.2 Å². The lowest BCUT2D eigenvalue weighted by Gasteiger charge is -2.26. The Kier molecular flexibility index (Phi) is 5.10. The van der Waals surface area contributed by atoms with Crippen molar-refractivity contribution < 1.29 is 23.9 Å². The monoisotopic (exact) mass is 401 g/mol.